The Kier molecular flexibility index (Phi) is 12.4. The number of aromatic amines is 1. The first kappa shape index (κ1) is 45.7. The zero-order chi connectivity index (χ0) is 46.4. The number of anilines is 2. The molecule has 16 heteroatoms. The van der Waals surface area contributed by atoms with Gasteiger partial charge < -0.3 is 24.7 Å². The summed E-state index contributed by atoms with van der Waals surface area (Å²) in [7, 11) is -4.56. The van der Waals surface area contributed by atoms with Gasteiger partial charge in [-0.05, 0) is 128 Å². The van der Waals surface area contributed by atoms with Gasteiger partial charge in [0.05, 0.1) is 21.6 Å². The number of nitrogens with zero attached hydrogens (tertiary/aromatic N) is 4. The Bertz CT molecular complexity index is 2770. The van der Waals surface area contributed by atoms with E-state index in [0.29, 0.717) is 31.2 Å². The van der Waals surface area contributed by atoms with E-state index in [-0.39, 0.29) is 45.2 Å². The normalized spacial score (nSPS) is 20.8. The zero-order valence-corrected chi connectivity index (χ0v) is 39.5. The molecular weight excluding hydrogens is 878 g/mol. The molecule has 5 heterocycles. The zero-order valence-electron chi connectivity index (χ0n) is 37.9. The van der Waals surface area contributed by atoms with Crippen molar-refractivity contribution in [3.05, 3.63) is 118 Å². The highest BCUT2D eigenvalue weighted by atomic mass is 35.5. The molecule has 2 aromatic heterocycles. The van der Waals surface area contributed by atoms with Crippen LogP contribution in [0.25, 0.3) is 16.6 Å². The van der Waals surface area contributed by atoms with Crippen molar-refractivity contribution in [2.45, 2.75) is 77.2 Å². The van der Waals surface area contributed by atoms with E-state index in [4.69, 9.17) is 21.1 Å². The maximum Gasteiger partial charge on any atom is 0.293 e. The number of H-pyrrole nitrogens is 1. The quantitative estimate of drug-likeness (QED) is 0.0803. The van der Waals surface area contributed by atoms with E-state index < -0.39 is 31.4 Å². The van der Waals surface area contributed by atoms with Crippen molar-refractivity contribution in [2.75, 3.05) is 56.2 Å². The molecule has 5 aromatic rings. The van der Waals surface area contributed by atoms with Gasteiger partial charge in [-0.15, -0.1) is 0 Å². The summed E-state index contributed by atoms with van der Waals surface area (Å²) in [4.78, 5) is 37.6. The van der Waals surface area contributed by atoms with Gasteiger partial charge in [-0.1, -0.05) is 57.5 Å². The molecule has 1 amide bonds. The van der Waals surface area contributed by atoms with Crippen LogP contribution in [0, 0.1) is 32.3 Å². The SMILES string of the molecule is CC1(C)CCC=C(c2ccc(Cl)cc2)C(N2CCC3(CC2)CN(c2ccc(C(=O)NS(=O)(=O)c4ccc(NCC5CCOCC5)c([N+](=O)[O-])c4)c(Oc4cnc5[nH]ccc5c4)c2)C3)C1(C)C. The highest BCUT2D eigenvalue weighted by Gasteiger charge is 2.51. The second kappa shape index (κ2) is 18.0. The highest BCUT2D eigenvalue weighted by Crippen LogP contribution is 2.54. The summed E-state index contributed by atoms with van der Waals surface area (Å²) in [5.41, 5.74) is 4.13. The molecule has 14 nitrogen and oxygen atoms in total. The number of rotatable bonds is 12. The lowest BCUT2D eigenvalue weighted by Crippen LogP contribution is -2.63. The molecule has 66 heavy (non-hydrogen) atoms. The van der Waals surface area contributed by atoms with Gasteiger partial charge in [0.1, 0.15) is 22.8 Å². The van der Waals surface area contributed by atoms with Crippen molar-refractivity contribution < 1.29 is 27.6 Å². The van der Waals surface area contributed by atoms with Crippen molar-refractivity contribution in [1.29, 1.82) is 0 Å². The number of hydrogen-bond acceptors (Lipinski definition) is 11. The standard InChI is InChI=1S/C50H58ClN7O7S/c1-48(2)18-5-6-40(34-7-9-36(51)10-8-34)45(49(48,3)4)56-22-19-50(20-23-56)31-57(32-50)37-11-13-41(44(27-37)65-38-26-35-15-21-52-46(35)54-30-38)47(59)55-66(62,63)39-12-14-42(43(28-39)58(60)61)53-29-33-16-24-64-25-17-33/h6-15,21,26-28,30,33,45,53H,5,16-20,22-25,29,31-32H2,1-4H3,(H,52,54)(H,55,59). The monoisotopic (exact) mass is 935 g/mol. The maximum absolute atomic E-state index is 14.0. The summed E-state index contributed by atoms with van der Waals surface area (Å²) < 4.78 is 41.4. The van der Waals surface area contributed by atoms with E-state index in [0.717, 1.165) is 86.9 Å². The number of halogens is 1. The fraction of sp³-hybridized carbons (Fsp3) is 0.440. The van der Waals surface area contributed by atoms with Gasteiger partial charge in [-0.2, -0.15) is 0 Å². The van der Waals surface area contributed by atoms with Crippen molar-refractivity contribution >= 4 is 61.2 Å². The molecule has 0 saturated carbocycles. The summed E-state index contributed by atoms with van der Waals surface area (Å²) in [6.45, 7) is 15.0. The van der Waals surface area contributed by atoms with Gasteiger partial charge in [-0.25, -0.2) is 18.1 Å². The van der Waals surface area contributed by atoms with E-state index in [1.807, 2.05) is 24.3 Å². The Balaban J connectivity index is 0.927. The number of benzene rings is 3. The number of piperidine rings is 1. The number of pyridine rings is 1. The number of nitro benzene ring substituents is 1. The lowest BCUT2D eigenvalue weighted by Gasteiger charge is -2.58. The van der Waals surface area contributed by atoms with Crippen LogP contribution in [0.1, 0.15) is 82.1 Å². The third-order valence-corrected chi connectivity index (χ3v) is 16.7. The number of sulfonamides is 1. The van der Waals surface area contributed by atoms with Crippen molar-refractivity contribution in [3.63, 3.8) is 0 Å². The average Bonchev–Trinajstić information content (AvgIpc) is 3.72. The fourth-order valence-electron chi connectivity index (χ4n) is 10.4. The molecule has 0 bridgehead atoms. The first-order chi connectivity index (χ1) is 31.5. The third kappa shape index (κ3) is 9.14. The molecule has 9 rings (SSSR count). The van der Waals surface area contributed by atoms with E-state index in [2.05, 4.69) is 75.7 Å². The lowest BCUT2D eigenvalue weighted by molar-refractivity contribution is -0.384. The second-order valence-corrected chi connectivity index (χ2v) is 21.9. The minimum atomic E-state index is -4.56. The van der Waals surface area contributed by atoms with Crippen LogP contribution in [0.5, 0.6) is 11.5 Å². The minimum Gasteiger partial charge on any atom is -0.455 e. The highest BCUT2D eigenvalue weighted by molar-refractivity contribution is 7.90. The Morgan fingerprint density at radius 1 is 0.985 bits per heavy atom. The van der Waals surface area contributed by atoms with Crippen LogP contribution in [0.4, 0.5) is 17.1 Å². The van der Waals surface area contributed by atoms with Gasteiger partial charge in [0.15, 0.2) is 0 Å². The van der Waals surface area contributed by atoms with Crippen LogP contribution in [0.3, 0.4) is 0 Å². The molecule has 1 spiro atoms. The van der Waals surface area contributed by atoms with Gasteiger partial charge >= 0.3 is 0 Å². The summed E-state index contributed by atoms with van der Waals surface area (Å²) in [6.07, 6.45) is 11.6. The smallest absolute Gasteiger partial charge is 0.293 e. The summed E-state index contributed by atoms with van der Waals surface area (Å²) in [5.74, 6) is -0.165. The molecule has 1 aliphatic carbocycles. The number of allylic oxidation sites excluding steroid dienone is 1. The predicted octanol–water partition coefficient (Wildman–Crippen LogP) is 10.1. The first-order valence-electron chi connectivity index (χ1n) is 22.9. The van der Waals surface area contributed by atoms with E-state index in [1.165, 1.54) is 29.5 Å². The van der Waals surface area contributed by atoms with Crippen LogP contribution >= 0.6 is 11.6 Å². The molecular formula is C50H58ClN7O7S. The first-order valence-corrected chi connectivity index (χ1v) is 24.7. The molecule has 3 aliphatic heterocycles. The number of ether oxygens (including phenoxy) is 2. The van der Waals surface area contributed by atoms with Crippen molar-refractivity contribution in [1.82, 2.24) is 19.6 Å². The largest absolute Gasteiger partial charge is 0.455 e. The van der Waals surface area contributed by atoms with Gasteiger partial charge in [0.25, 0.3) is 21.6 Å². The maximum atomic E-state index is 14.0. The van der Waals surface area contributed by atoms with E-state index >= 15 is 0 Å². The van der Waals surface area contributed by atoms with Gasteiger partial charge in [0, 0.05) is 78.7 Å². The molecule has 0 radical (unpaired) electrons. The van der Waals surface area contributed by atoms with Crippen LogP contribution in [0.15, 0.2) is 96.2 Å². The van der Waals surface area contributed by atoms with Crippen LogP contribution in [-0.2, 0) is 14.8 Å². The average molecular weight is 937 g/mol. The second-order valence-electron chi connectivity index (χ2n) is 19.8. The van der Waals surface area contributed by atoms with Gasteiger partial charge in [0.2, 0.25) is 0 Å². The Morgan fingerprint density at radius 3 is 2.45 bits per heavy atom. The molecule has 3 aromatic carbocycles. The number of nitrogens with one attached hydrogen (secondary N) is 3. The summed E-state index contributed by atoms with van der Waals surface area (Å²) in [5, 5.41) is 16.8. The number of fused-ring (bicyclic) bond motifs is 1. The topological polar surface area (TPSA) is 172 Å². The molecule has 4 aliphatic rings. The Labute approximate surface area is 391 Å². The van der Waals surface area contributed by atoms with Crippen LogP contribution < -0.4 is 19.7 Å². The van der Waals surface area contributed by atoms with Gasteiger partial charge in [-0.3, -0.25) is 19.8 Å². The third-order valence-electron chi connectivity index (χ3n) is 15.1. The number of hydrogen-bond donors (Lipinski definition) is 3. The molecule has 1 atom stereocenters. The van der Waals surface area contributed by atoms with E-state index in [9.17, 15) is 23.3 Å². The number of aromatic nitrogens is 2. The number of likely N-dealkylation sites (tertiary alicyclic amines) is 1. The molecule has 3 fully saturated rings. The molecule has 1 unspecified atom stereocenters. The van der Waals surface area contributed by atoms with Crippen molar-refractivity contribution in [2.24, 2.45) is 22.2 Å². The number of amides is 1. The lowest BCUT2D eigenvalue weighted by atomic mass is 9.60. The fourth-order valence-corrected chi connectivity index (χ4v) is 11.5. The summed E-state index contributed by atoms with van der Waals surface area (Å²) in [6, 6.07) is 20.9. The molecule has 3 saturated heterocycles. The number of carbonyl (C=O) groups is 1. The minimum absolute atomic E-state index is 0.000675. The van der Waals surface area contributed by atoms with E-state index in [1.54, 1.807) is 24.4 Å². The van der Waals surface area contributed by atoms with Crippen molar-refractivity contribution in [3.8, 4) is 11.5 Å². The number of nitro groups is 1. The summed E-state index contributed by atoms with van der Waals surface area (Å²) >= 11 is 6.34. The Hall–Kier alpha value is -5.48. The molecule has 348 valence electrons. The number of carbonyl (C=O) groups excluding carboxylic acids is 1. The molecule has 3 N–H and O–H groups in total. The van der Waals surface area contributed by atoms with Crippen LogP contribution in [-0.4, -0.2) is 86.1 Å². The predicted molar refractivity (Wildman–Crippen MR) is 258 cm³/mol. The Morgan fingerprint density at radius 2 is 1.73 bits per heavy atom. The van der Waals surface area contributed by atoms with Crippen LogP contribution in [0.2, 0.25) is 5.02 Å².